The van der Waals surface area contributed by atoms with Gasteiger partial charge in [-0.1, -0.05) is 44.2 Å². The molecule has 0 fully saturated rings. The van der Waals surface area contributed by atoms with E-state index >= 15 is 0 Å². The van der Waals surface area contributed by atoms with Crippen LogP contribution in [0.5, 0.6) is 0 Å². The van der Waals surface area contributed by atoms with Crippen LogP contribution < -0.4 is 10.6 Å². The van der Waals surface area contributed by atoms with E-state index in [1.165, 1.54) is 28.1 Å². The van der Waals surface area contributed by atoms with Crippen molar-refractivity contribution in [3.8, 4) is 0 Å². The van der Waals surface area contributed by atoms with Crippen molar-refractivity contribution in [3.63, 3.8) is 0 Å². The zero-order valence-corrected chi connectivity index (χ0v) is 14.9. The maximum Gasteiger partial charge on any atom is 0.0568 e. The van der Waals surface area contributed by atoms with Crippen molar-refractivity contribution in [2.75, 3.05) is 10.6 Å². The molecule has 122 valence electrons. The monoisotopic (exact) mass is 308 g/mol. The highest BCUT2D eigenvalue weighted by Crippen LogP contribution is 2.46. The molecule has 2 aromatic rings. The molecule has 0 radical (unpaired) electrons. The Balaban J connectivity index is 1.99. The molecule has 2 N–H and O–H groups in total. The first-order chi connectivity index (χ1) is 10.9. The van der Waals surface area contributed by atoms with Gasteiger partial charge in [0.05, 0.1) is 6.04 Å². The molecule has 1 aliphatic rings. The Hall–Kier alpha value is -1.96. The first-order valence-corrected chi connectivity index (χ1v) is 8.58. The summed E-state index contributed by atoms with van der Waals surface area (Å²) < 4.78 is 0. The van der Waals surface area contributed by atoms with Gasteiger partial charge in [-0.3, -0.25) is 0 Å². The van der Waals surface area contributed by atoms with E-state index in [9.17, 15) is 0 Å². The van der Waals surface area contributed by atoms with E-state index in [-0.39, 0.29) is 5.41 Å². The summed E-state index contributed by atoms with van der Waals surface area (Å²) in [5.41, 5.74) is 6.83. The number of aryl methyl sites for hydroxylation is 1. The lowest BCUT2D eigenvalue weighted by molar-refractivity contribution is 0.295. The summed E-state index contributed by atoms with van der Waals surface area (Å²) in [6.45, 7) is 11.3. The van der Waals surface area contributed by atoms with Crippen LogP contribution in [-0.4, -0.2) is 6.04 Å². The molecule has 1 heterocycles. The number of anilines is 2. The summed E-state index contributed by atoms with van der Waals surface area (Å²) in [5.74, 6) is 0. The van der Waals surface area contributed by atoms with Crippen LogP contribution in [0.25, 0.3) is 0 Å². The number of hydrogen-bond acceptors (Lipinski definition) is 2. The zero-order chi connectivity index (χ0) is 16.6. The number of nitrogens with one attached hydrogen (secondary N) is 2. The van der Waals surface area contributed by atoms with Crippen LogP contribution in [-0.2, 0) is 6.42 Å². The lowest BCUT2D eigenvalue weighted by Gasteiger charge is -2.42. The van der Waals surface area contributed by atoms with Crippen LogP contribution in [0.4, 0.5) is 11.4 Å². The summed E-state index contributed by atoms with van der Waals surface area (Å²) in [4.78, 5) is 0. The van der Waals surface area contributed by atoms with Crippen LogP contribution in [0, 0.1) is 12.3 Å². The molecule has 1 atom stereocenters. The summed E-state index contributed by atoms with van der Waals surface area (Å²) in [6.07, 6.45) is 1.09. The second-order valence-electron chi connectivity index (χ2n) is 7.78. The third-order valence-electron chi connectivity index (χ3n) is 4.72. The smallest absolute Gasteiger partial charge is 0.0568 e. The minimum Gasteiger partial charge on any atom is -0.383 e. The molecule has 2 heteroatoms. The van der Waals surface area contributed by atoms with E-state index < -0.39 is 0 Å². The molecule has 0 spiro atoms. The van der Waals surface area contributed by atoms with Crippen molar-refractivity contribution < 1.29 is 0 Å². The fraction of sp³-hybridized carbons (Fsp3) is 0.429. The predicted octanol–water partition coefficient (Wildman–Crippen LogP) is 5.55. The van der Waals surface area contributed by atoms with Crippen LogP contribution in [0.1, 0.15) is 50.4 Å². The van der Waals surface area contributed by atoms with E-state index in [1.54, 1.807) is 0 Å². The van der Waals surface area contributed by atoms with Crippen molar-refractivity contribution in [1.29, 1.82) is 0 Å². The Bertz CT molecular complexity index is 686. The van der Waals surface area contributed by atoms with Crippen molar-refractivity contribution in [2.45, 2.75) is 53.1 Å². The van der Waals surface area contributed by atoms with E-state index in [4.69, 9.17) is 0 Å². The molecule has 2 nitrogen and oxygen atoms in total. The molecule has 3 rings (SSSR count). The first-order valence-electron chi connectivity index (χ1n) is 8.58. The predicted molar refractivity (Wildman–Crippen MR) is 100 cm³/mol. The van der Waals surface area contributed by atoms with Crippen LogP contribution in [0.3, 0.4) is 0 Å². The standard InChI is InChI=1S/C21H28N2/c1-14(2)22-18-11-15(3)19-17(12-18)13-21(4,5)20(23-19)16-9-7-6-8-10-16/h6-12,14,20,22-23H,13H2,1-5H3. The largest absolute Gasteiger partial charge is 0.383 e. The summed E-state index contributed by atoms with van der Waals surface area (Å²) in [5, 5.41) is 7.36. The molecule has 1 aliphatic heterocycles. The Morgan fingerprint density at radius 2 is 1.83 bits per heavy atom. The molecule has 0 aromatic heterocycles. The number of hydrogen-bond donors (Lipinski definition) is 2. The van der Waals surface area contributed by atoms with Gasteiger partial charge in [0.2, 0.25) is 0 Å². The normalized spacial score (nSPS) is 19.1. The Kier molecular flexibility index (Phi) is 4.09. The maximum absolute atomic E-state index is 3.82. The molecule has 0 saturated heterocycles. The van der Waals surface area contributed by atoms with Crippen molar-refractivity contribution in [3.05, 3.63) is 59.2 Å². The highest BCUT2D eigenvalue weighted by atomic mass is 15.0. The molecule has 0 amide bonds. The SMILES string of the molecule is Cc1cc(NC(C)C)cc2c1NC(c1ccccc1)C(C)(C)C2. The van der Waals surface area contributed by atoms with Crippen LogP contribution in [0.2, 0.25) is 0 Å². The fourth-order valence-corrected chi connectivity index (χ4v) is 3.74. The minimum atomic E-state index is 0.178. The third kappa shape index (κ3) is 3.21. The molecule has 1 unspecified atom stereocenters. The van der Waals surface area contributed by atoms with Gasteiger partial charge >= 0.3 is 0 Å². The van der Waals surface area contributed by atoms with Gasteiger partial charge in [-0.25, -0.2) is 0 Å². The van der Waals surface area contributed by atoms with Gasteiger partial charge < -0.3 is 10.6 Å². The average molecular weight is 308 g/mol. The quantitative estimate of drug-likeness (QED) is 0.776. The lowest BCUT2D eigenvalue weighted by atomic mass is 9.72. The van der Waals surface area contributed by atoms with E-state index in [1.807, 2.05) is 0 Å². The van der Waals surface area contributed by atoms with Gasteiger partial charge in [0.15, 0.2) is 0 Å². The van der Waals surface area contributed by atoms with Crippen molar-refractivity contribution in [1.82, 2.24) is 0 Å². The Labute approximate surface area is 140 Å². The van der Waals surface area contributed by atoms with Gasteiger partial charge in [-0.15, -0.1) is 0 Å². The molecular formula is C21H28N2. The lowest BCUT2D eigenvalue weighted by Crippen LogP contribution is -2.35. The molecule has 2 aromatic carbocycles. The molecule has 0 aliphatic carbocycles. The first kappa shape index (κ1) is 15.9. The molecule has 23 heavy (non-hydrogen) atoms. The van der Waals surface area contributed by atoms with E-state index in [0.29, 0.717) is 12.1 Å². The van der Waals surface area contributed by atoms with Gasteiger partial charge in [0.1, 0.15) is 0 Å². The second kappa shape index (κ2) is 5.92. The molecule has 0 saturated carbocycles. The topological polar surface area (TPSA) is 24.1 Å². The van der Waals surface area contributed by atoms with Crippen LogP contribution >= 0.6 is 0 Å². The van der Waals surface area contributed by atoms with Crippen molar-refractivity contribution in [2.24, 2.45) is 5.41 Å². The van der Waals surface area contributed by atoms with Gasteiger partial charge in [0, 0.05) is 17.4 Å². The number of rotatable bonds is 3. The fourth-order valence-electron chi connectivity index (χ4n) is 3.74. The average Bonchev–Trinajstić information content (AvgIpc) is 2.45. The second-order valence-corrected chi connectivity index (χ2v) is 7.78. The zero-order valence-electron chi connectivity index (χ0n) is 14.9. The Morgan fingerprint density at radius 1 is 1.13 bits per heavy atom. The van der Waals surface area contributed by atoms with E-state index in [0.717, 1.165) is 6.42 Å². The third-order valence-corrected chi connectivity index (χ3v) is 4.72. The van der Waals surface area contributed by atoms with Crippen LogP contribution in [0.15, 0.2) is 42.5 Å². The van der Waals surface area contributed by atoms with Crippen molar-refractivity contribution >= 4 is 11.4 Å². The van der Waals surface area contributed by atoms with Gasteiger partial charge in [-0.2, -0.15) is 0 Å². The summed E-state index contributed by atoms with van der Waals surface area (Å²) >= 11 is 0. The molecular weight excluding hydrogens is 280 g/mol. The Morgan fingerprint density at radius 3 is 2.48 bits per heavy atom. The van der Waals surface area contributed by atoms with E-state index in [2.05, 4.69) is 87.7 Å². The maximum atomic E-state index is 3.82. The highest BCUT2D eigenvalue weighted by molar-refractivity contribution is 5.67. The summed E-state index contributed by atoms with van der Waals surface area (Å²) in [6, 6.07) is 16.2. The molecule has 0 bridgehead atoms. The van der Waals surface area contributed by atoms with Gasteiger partial charge in [0.25, 0.3) is 0 Å². The summed E-state index contributed by atoms with van der Waals surface area (Å²) in [7, 11) is 0. The minimum absolute atomic E-state index is 0.178. The number of fused-ring (bicyclic) bond motifs is 1. The van der Waals surface area contributed by atoms with Gasteiger partial charge in [-0.05, 0) is 61.4 Å². The number of benzene rings is 2. The highest BCUT2D eigenvalue weighted by Gasteiger charge is 2.36.